The van der Waals surface area contributed by atoms with Crippen molar-refractivity contribution < 1.29 is 8.42 Å². The van der Waals surface area contributed by atoms with Crippen LogP contribution in [0.15, 0.2) is 119 Å². The molecule has 3 aromatic carbocycles. The number of benzene rings is 3. The summed E-state index contributed by atoms with van der Waals surface area (Å²) in [7, 11) is -3.28. The van der Waals surface area contributed by atoms with Crippen molar-refractivity contribution in [1.29, 1.82) is 0 Å². The van der Waals surface area contributed by atoms with Gasteiger partial charge in [0.15, 0.2) is 21.1 Å². The fourth-order valence-electron chi connectivity index (χ4n) is 7.78. The van der Waals surface area contributed by atoms with Gasteiger partial charge in [0.25, 0.3) is 0 Å². The molecule has 2 aliphatic rings. The zero-order valence-corrected chi connectivity index (χ0v) is 34.9. The van der Waals surface area contributed by atoms with Crippen LogP contribution >= 0.6 is 15.9 Å². The van der Waals surface area contributed by atoms with Crippen LogP contribution in [0.5, 0.6) is 0 Å². The van der Waals surface area contributed by atoms with E-state index in [1.54, 1.807) is 35.1 Å². The van der Waals surface area contributed by atoms with Crippen LogP contribution in [0.25, 0.3) is 44.7 Å². The third-order valence-corrected chi connectivity index (χ3v) is 12.8. The van der Waals surface area contributed by atoms with E-state index in [4.69, 9.17) is 0 Å². The lowest BCUT2D eigenvalue weighted by Crippen LogP contribution is -2.31. The lowest BCUT2D eigenvalue weighted by atomic mass is 10.0. The Morgan fingerprint density at radius 2 is 1.09 bits per heavy atom. The Bertz CT molecular complexity index is 2540. The number of piperidine rings is 2. The van der Waals surface area contributed by atoms with E-state index in [0.717, 1.165) is 57.3 Å². The molecule has 0 N–H and O–H groups in total. The SMILES string of the molecule is Brc1cnn2cc(-c3ccc(CCN4CCCCC4)cc3)cnc12.CS(=O)(=O)c1cccc(-c2cnn3cc(-c4ccc(CCN5CCCCC5)cc4)cnc23)c1. The molecule has 0 spiro atoms. The van der Waals surface area contributed by atoms with E-state index in [9.17, 15) is 8.42 Å². The van der Waals surface area contributed by atoms with Crippen LogP contribution in [0.3, 0.4) is 0 Å². The Kier molecular flexibility index (Phi) is 12.2. The van der Waals surface area contributed by atoms with Crippen LogP contribution in [-0.2, 0) is 22.7 Å². The fraction of sp³-hybridized carbons (Fsp3) is 0.333. The number of hydrogen-bond donors (Lipinski definition) is 0. The summed E-state index contributed by atoms with van der Waals surface area (Å²) >= 11 is 3.46. The van der Waals surface area contributed by atoms with E-state index < -0.39 is 9.84 Å². The number of likely N-dealkylation sites (tertiary alicyclic amines) is 2. The first-order chi connectivity index (χ1) is 27.8. The average molecular weight is 846 g/mol. The Balaban J connectivity index is 0.000000168. The van der Waals surface area contributed by atoms with E-state index in [1.165, 1.54) is 94.2 Å². The lowest BCUT2D eigenvalue weighted by molar-refractivity contribution is 0.231. The average Bonchev–Trinajstić information content (AvgIpc) is 3.86. The summed E-state index contributed by atoms with van der Waals surface area (Å²) in [5.74, 6) is 0. The zero-order valence-electron chi connectivity index (χ0n) is 32.5. The van der Waals surface area contributed by atoms with Crippen LogP contribution < -0.4 is 0 Å². The van der Waals surface area contributed by atoms with E-state index in [1.807, 2.05) is 35.4 Å². The Hall–Kier alpha value is -4.75. The minimum absolute atomic E-state index is 0.288. The molecule has 9 rings (SSSR count). The third-order valence-electron chi connectivity index (χ3n) is 11.1. The van der Waals surface area contributed by atoms with Gasteiger partial charge in [-0.25, -0.2) is 27.4 Å². The van der Waals surface area contributed by atoms with Crippen molar-refractivity contribution in [2.75, 3.05) is 45.5 Å². The Morgan fingerprint density at radius 3 is 1.63 bits per heavy atom. The Labute approximate surface area is 343 Å². The van der Waals surface area contributed by atoms with Gasteiger partial charge in [-0.05, 0) is 121 Å². The number of halogens is 1. The lowest BCUT2D eigenvalue weighted by Gasteiger charge is -2.26. The van der Waals surface area contributed by atoms with Crippen molar-refractivity contribution >= 4 is 37.1 Å². The largest absolute Gasteiger partial charge is 0.303 e. The maximum atomic E-state index is 11.9. The smallest absolute Gasteiger partial charge is 0.175 e. The molecule has 294 valence electrons. The van der Waals surface area contributed by atoms with Gasteiger partial charge in [0.2, 0.25) is 0 Å². The standard InChI is InChI=1S/C26H28N4O2S.C19H21BrN4/c1-33(31,32)24-7-5-6-22(16-24)25-18-28-30-19-23(17-27-26(25)30)21-10-8-20(9-11-21)12-15-29-13-3-2-4-14-29;20-18-13-22-24-14-17(12-21-19(18)24)16-6-4-15(5-7-16)8-11-23-9-2-1-3-10-23/h5-11,16-19H,2-4,12-15H2,1H3;4-7,12-14H,1-3,8-11H2. The highest BCUT2D eigenvalue weighted by atomic mass is 79.9. The molecule has 0 aliphatic carbocycles. The molecular weight excluding hydrogens is 797 g/mol. The molecule has 0 unspecified atom stereocenters. The molecule has 0 radical (unpaired) electrons. The molecule has 6 heterocycles. The molecule has 7 aromatic rings. The predicted octanol–water partition coefficient (Wildman–Crippen LogP) is 8.68. The summed E-state index contributed by atoms with van der Waals surface area (Å²) < 4.78 is 28.3. The highest BCUT2D eigenvalue weighted by molar-refractivity contribution is 9.10. The van der Waals surface area contributed by atoms with Crippen LogP contribution in [0, 0.1) is 0 Å². The summed E-state index contributed by atoms with van der Waals surface area (Å²) in [5, 5.41) is 8.78. The molecule has 2 aliphatic heterocycles. The van der Waals surface area contributed by atoms with Crippen molar-refractivity contribution in [3.05, 3.63) is 126 Å². The maximum absolute atomic E-state index is 11.9. The van der Waals surface area contributed by atoms with Gasteiger partial charge in [-0.15, -0.1) is 0 Å². The summed E-state index contributed by atoms with van der Waals surface area (Å²) in [5.41, 5.74) is 10.2. The molecule has 0 bridgehead atoms. The number of fused-ring (bicyclic) bond motifs is 2. The summed E-state index contributed by atoms with van der Waals surface area (Å²) in [6, 6.07) is 24.5. The van der Waals surface area contributed by atoms with Crippen LogP contribution in [0.1, 0.15) is 49.7 Å². The van der Waals surface area contributed by atoms with E-state index >= 15 is 0 Å². The minimum atomic E-state index is -3.28. The van der Waals surface area contributed by atoms with E-state index in [-0.39, 0.29) is 4.90 Å². The van der Waals surface area contributed by atoms with Gasteiger partial charge in [0.05, 0.1) is 21.8 Å². The molecule has 2 fully saturated rings. The first-order valence-electron chi connectivity index (χ1n) is 20.0. The second-order valence-corrected chi connectivity index (χ2v) is 18.1. The third kappa shape index (κ3) is 9.69. The van der Waals surface area contributed by atoms with Crippen molar-refractivity contribution in [3.63, 3.8) is 0 Å². The first kappa shape index (κ1) is 39.1. The zero-order chi connectivity index (χ0) is 39.2. The molecule has 57 heavy (non-hydrogen) atoms. The first-order valence-corrected chi connectivity index (χ1v) is 22.7. The van der Waals surface area contributed by atoms with Crippen molar-refractivity contribution in [3.8, 4) is 33.4 Å². The van der Waals surface area contributed by atoms with E-state index in [2.05, 4.69) is 94.4 Å². The monoisotopic (exact) mass is 844 g/mol. The number of hydrogen-bond acceptors (Lipinski definition) is 8. The van der Waals surface area contributed by atoms with Gasteiger partial charge in [-0.1, -0.05) is 73.5 Å². The van der Waals surface area contributed by atoms with E-state index in [0.29, 0.717) is 5.65 Å². The molecule has 0 amide bonds. The summed E-state index contributed by atoms with van der Waals surface area (Å²) in [4.78, 5) is 14.6. The van der Waals surface area contributed by atoms with Gasteiger partial charge < -0.3 is 9.80 Å². The summed E-state index contributed by atoms with van der Waals surface area (Å²) in [6.45, 7) is 7.30. The van der Waals surface area contributed by atoms with Gasteiger partial charge in [-0.2, -0.15) is 10.2 Å². The highest BCUT2D eigenvalue weighted by Gasteiger charge is 2.15. The van der Waals surface area contributed by atoms with Crippen molar-refractivity contribution in [2.45, 2.75) is 56.3 Å². The van der Waals surface area contributed by atoms with Crippen LogP contribution in [-0.4, -0.2) is 92.9 Å². The van der Waals surface area contributed by atoms with Crippen molar-refractivity contribution in [2.24, 2.45) is 0 Å². The second-order valence-electron chi connectivity index (χ2n) is 15.3. The molecule has 0 saturated carbocycles. The predicted molar refractivity (Wildman–Crippen MR) is 231 cm³/mol. The minimum Gasteiger partial charge on any atom is -0.303 e. The Morgan fingerprint density at radius 1 is 0.579 bits per heavy atom. The van der Waals surface area contributed by atoms with Gasteiger partial charge >= 0.3 is 0 Å². The topological polar surface area (TPSA) is 101 Å². The highest BCUT2D eigenvalue weighted by Crippen LogP contribution is 2.28. The molecule has 12 heteroatoms. The van der Waals surface area contributed by atoms with Crippen LogP contribution in [0.2, 0.25) is 0 Å². The van der Waals surface area contributed by atoms with Gasteiger partial charge in [0, 0.05) is 60.8 Å². The molecule has 4 aromatic heterocycles. The maximum Gasteiger partial charge on any atom is 0.175 e. The van der Waals surface area contributed by atoms with Gasteiger partial charge in [-0.3, -0.25) is 0 Å². The fourth-order valence-corrected chi connectivity index (χ4v) is 8.83. The quantitative estimate of drug-likeness (QED) is 0.135. The van der Waals surface area contributed by atoms with Gasteiger partial charge in [0.1, 0.15) is 0 Å². The molecule has 2 saturated heterocycles. The summed E-state index contributed by atoms with van der Waals surface area (Å²) in [6.07, 6.45) is 22.8. The number of nitrogens with zero attached hydrogens (tertiary/aromatic N) is 8. The molecule has 0 atom stereocenters. The van der Waals surface area contributed by atoms with Crippen molar-refractivity contribution in [1.82, 2.24) is 39.0 Å². The number of sulfone groups is 1. The molecular formula is C45H49BrN8O2S. The molecule has 10 nitrogen and oxygen atoms in total. The number of aromatic nitrogens is 6. The van der Waals surface area contributed by atoms with Crippen LogP contribution in [0.4, 0.5) is 0 Å². The second kappa shape index (κ2) is 17.8. The normalized spacial score (nSPS) is 15.5. The number of rotatable bonds is 10.